The fraction of sp³-hybridized carbons (Fsp3) is 0.529. The first-order valence-corrected chi connectivity index (χ1v) is 8.73. The summed E-state index contributed by atoms with van der Waals surface area (Å²) in [6, 6.07) is 3.13. The normalized spacial score (nSPS) is 24.9. The predicted molar refractivity (Wildman–Crippen MR) is 93.6 cm³/mol. The number of aromatic nitrogens is 3. The summed E-state index contributed by atoms with van der Waals surface area (Å²) in [4.78, 5) is 19.9. The number of nitrogens with zero attached hydrogens (tertiary/aromatic N) is 3. The van der Waals surface area contributed by atoms with Gasteiger partial charge in [-0.2, -0.15) is 4.98 Å². The van der Waals surface area contributed by atoms with E-state index in [1.807, 2.05) is 13.8 Å². The first-order valence-electron chi connectivity index (χ1n) is 8.73. The number of hydrogen-bond donors (Lipinski definition) is 4. The Morgan fingerprint density at radius 2 is 1.93 bits per heavy atom. The molecule has 4 atom stereocenters. The molecule has 0 aromatic carbocycles. The zero-order chi connectivity index (χ0) is 19.4. The molecule has 1 aliphatic rings. The number of pyridine rings is 1. The third-order valence-corrected chi connectivity index (χ3v) is 4.13. The Bertz CT molecular complexity index is 753. The molecule has 0 bridgehead atoms. The molecule has 2 amide bonds. The van der Waals surface area contributed by atoms with Crippen molar-refractivity contribution in [2.45, 2.75) is 50.7 Å². The fourth-order valence-corrected chi connectivity index (χ4v) is 2.80. The third kappa shape index (κ3) is 4.79. The van der Waals surface area contributed by atoms with Crippen molar-refractivity contribution in [2.24, 2.45) is 0 Å². The van der Waals surface area contributed by atoms with Gasteiger partial charge in [0.2, 0.25) is 11.7 Å². The lowest BCUT2D eigenvalue weighted by Crippen LogP contribution is -2.45. The third-order valence-electron chi connectivity index (χ3n) is 4.13. The number of ether oxygens (including phenoxy) is 1. The molecule has 1 fully saturated rings. The molecule has 0 radical (unpaired) electrons. The van der Waals surface area contributed by atoms with Gasteiger partial charge in [0.05, 0.1) is 12.5 Å². The number of nitrogens with one attached hydrogen (secondary N) is 2. The average Bonchev–Trinajstić information content (AvgIpc) is 3.21. The molecule has 146 valence electrons. The van der Waals surface area contributed by atoms with Crippen molar-refractivity contribution in [2.75, 3.05) is 6.54 Å². The van der Waals surface area contributed by atoms with Gasteiger partial charge in [-0.05, 0) is 26.0 Å². The smallest absolute Gasteiger partial charge is 0.315 e. The summed E-state index contributed by atoms with van der Waals surface area (Å²) >= 11 is 0. The summed E-state index contributed by atoms with van der Waals surface area (Å²) < 4.78 is 10.9. The fourth-order valence-electron chi connectivity index (χ4n) is 2.80. The first kappa shape index (κ1) is 19.2. The zero-order valence-electron chi connectivity index (χ0n) is 15.1. The van der Waals surface area contributed by atoms with E-state index in [-0.39, 0.29) is 30.9 Å². The molecule has 10 nitrogen and oxygen atoms in total. The predicted octanol–water partition coefficient (Wildman–Crippen LogP) is -0.129. The highest BCUT2D eigenvalue weighted by atomic mass is 16.5. The number of carbonyl (C=O) groups is 1. The zero-order valence-corrected chi connectivity index (χ0v) is 15.1. The summed E-state index contributed by atoms with van der Waals surface area (Å²) in [6.45, 7) is 3.75. The lowest BCUT2D eigenvalue weighted by atomic mass is 10.1. The molecule has 3 rings (SSSR count). The van der Waals surface area contributed by atoms with Crippen molar-refractivity contribution in [1.29, 1.82) is 0 Å². The number of urea groups is 1. The van der Waals surface area contributed by atoms with E-state index in [0.29, 0.717) is 5.82 Å². The van der Waals surface area contributed by atoms with Crippen molar-refractivity contribution in [3.05, 3.63) is 30.4 Å². The average molecular weight is 377 g/mol. The molecule has 3 heterocycles. The van der Waals surface area contributed by atoms with E-state index in [0.717, 1.165) is 5.56 Å². The maximum absolute atomic E-state index is 11.6. The quantitative estimate of drug-likeness (QED) is 0.545. The summed E-state index contributed by atoms with van der Waals surface area (Å²) in [5.74, 6) is 0.688. The largest absolute Gasteiger partial charge is 0.388 e. The van der Waals surface area contributed by atoms with Gasteiger partial charge in [0.1, 0.15) is 18.3 Å². The van der Waals surface area contributed by atoms with Gasteiger partial charge >= 0.3 is 6.03 Å². The highest BCUT2D eigenvalue weighted by molar-refractivity contribution is 5.74. The van der Waals surface area contributed by atoms with Gasteiger partial charge < -0.3 is 30.1 Å². The Hall–Kier alpha value is -2.56. The Kier molecular flexibility index (Phi) is 5.99. The number of aliphatic hydroxyl groups excluding tert-OH is 2. The number of carbonyl (C=O) groups excluding carboxylic acids is 1. The van der Waals surface area contributed by atoms with Gasteiger partial charge in [-0.1, -0.05) is 5.16 Å². The number of amides is 2. The molecular weight excluding hydrogens is 354 g/mol. The second-order valence-corrected chi connectivity index (χ2v) is 6.65. The van der Waals surface area contributed by atoms with Crippen molar-refractivity contribution in [1.82, 2.24) is 25.8 Å². The van der Waals surface area contributed by atoms with Crippen LogP contribution in [-0.2, 0) is 11.2 Å². The number of rotatable bonds is 6. The van der Waals surface area contributed by atoms with Crippen molar-refractivity contribution < 1.29 is 24.3 Å². The van der Waals surface area contributed by atoms with Crippen LogP contribution in [0.4, 0.5) is 4.79 Å². The summed E-state index contributed by atoms with van der Waals surface area (Å²) in [6.07, 6.45) is -0.309. The molecule has 1 saturated heterocycles. The van der Waals surface area contributed by atoms with Gasteiger partial charge in [-0.25, -0.2) is 4.79 Å². The van der Waals surface area contributed by atoms with Crippen LogP contribution in [0.3, 0.4) is 0 Å². The highest BCUT2D eigenvalue weighted by Crippen LogP contribution is 2.24. The standard InChI is InChI=1S/C17H23N5O5/c1-9(2)20-17(25)19-8-12-15(24)14(23)11(26-12)7-13-21-16(22-27-13)10-3-5-18-6-4-10/h3-6,9,11-12,14-15,23-24H,7-8H2,1-2H3,(H2,19,20,25)/t11-,12-,14-,15+/m0/s1. The molecule has 2 aromatic heterocycles. The van der Waals surface area contributed by atoms with Crippen LogP contribution in [-0.4, -0.2) is 68.4 Å². The van der Waals surface area contributed by atoms with Crippen molar-refractivity contribution >= 4 is 6.03 Å². The van der Waals surface area contributed by atoms with Crippen LogP contribution in [0.1, 0.15) is 19.7 Å². The molecule has 2 aromatic rings. The monoisotopic (exact) mass is 377 g/mol. The van der Waals surface area contributed by atoms with Crippen LogP contribution in [0.15, 0.2) is 29.0 Å². The molecular formula is C17H23N5O5. The van der Waals surface area contributed by atoms with Crippen molar-refractivity contribution in [3.8, 4) is 11.4 Å². The number of hydrogen-bond acceptors (Lipinski definition) is 8. The lowest BCUT2D eigenvalue weighted by Gasteiger charge is -2.16. The van der Waals surface area contributed by atoms with Crippen LogP contribution < -0.4 is 10.6 Å². The minimum absolute atomic E-state index is 0.00937. The van der Waals surface area contributed by atoms with Crippen LogP contribution >= 0.6 is 0 Å². The van der Waals surface area contributed by atoms with E-state index in [9.17, 15) is 15.0 Å². The van der Waals surface area contributed by atoms with Gasteiger partial charge in [0, 0.05) is 30.5 Å². The SMILES string of the molecule is CC(C)NC(=O)NC[C@@H]1O[C@@H](Cc2nc(-c3ccncc3)no2)[C@H](O)[C@@H]1O. The molecule has 27 heavy (non-hydrogen) atoms. The Morgan fingerprint density at radius 3 is 2.63 bits per heavy atom. The first-order chi connectivity index (χ1) is 12.9. The van der Waals surface area contributed by atoms with E-state index >= 15 is 0 Å². The van der Waals surface area contributed by atoms with E-state index < -0.39 is 24.4 Å². The van der Waals surface area contributed by atoms with Gasteiger partial charge in [-0.3, -0.25) is 4.98 Å². The number of aliphatic hydroxyl groups is 2. The van der Waals surface area contributed by atoms with E-state index in [1.165, 1.54) is 0 Å². The Morgan fingerprint density at radius 1 is 1.22 bits per heavy atom. The van der Waals surface area contributed by atoms with Gasteiger partial charge in [0.25, 0.3) is 0 Å². The second-order valence-electron chi connectivity index (χ2n) is 6.65. The lowest BCUT2D eigenvalue weighted by molar-refractivity contribution is 0.00689. The van der Waals surface area contributed by atoms with Gasteiger partial charge in [0.15, 0.2) is 0 Å². The summed E-state index contributed by atoms with van der Waals surface area (Å²) in [7, 11) is 0. The molecule has 0 saturated carbocycles. The Balaban J connectivity index is 1.56. The molecule has 0 aliphatic carbocycles. The van der Waals surface area contributed by atoms with Crippen molar-refractivity contribution in [3.63, 3.8) is 0 Å². The summed E-state index contributed by atoms with van der Waals surface area (Å²) in [5.41, 5.74) is 0.756. The maximum atomic E-state index is 11.6. The van der Waals surface area contributed by atoms with Gasteiger partial charge in [-0.15, -0.1) is 0 Å². The summed E-state index contributed by atoms with van der Waals surface area (Å²) in [5, 5.41) is 29.6. The van der Waals surface area contributed by atoms with Crippen LogP contribution in [0.5, 0.6) is 0 Å². The second kappa shape index (κ2) is 8.42. The van der Waals surface area contributed by atoms with Crippen LogP contribution in [0, 0.1) is 0 Å². The molecule has 4 N–H and O–H groups in total. The topological polar surface area (TPSA) is 143 Å². The van der Waals surface area contributed by atoms with E-state index in [1.54, 1.807) is 24.5 Å². The molecule has 0 spiro atoms. The van der Waals surface area contributed by atoms with E-state index in [2.05, 4.69) is 25.8 Å². The minimum atomic E-state index is -1.13. The van der Waals surface area contributed by atoms with E-state index in [4.69, 9.17) is 9.26 Å². The van der Waals surface area contributed by atoms with Crippen LogP contribution in [0.2, 0.25) is 0 Å². The molecule has 0 unspecified atom stereocenters. The highest BCUT2D eigenvalue weighted by Gasteiger charge is 2.43. The minimum Gasteiger partial charge on any atom is -0.388 e. The maximum Gasteiger partial charge on any atom is 0.315 e. The van der Waals surface area contributed by atoms with Crippen LogP contribution in [0.25, 0.3) is 11.4 Å². The Labute approximate surface area is 155 Å². The molecule has 1 aliphatic heterocycles. The molecule has 10 heteroatoms.